The number of anilines is 3. The van der Waals surface area contributed by atoms with Crippen LogP contribution in [-0.2, 0) is 0 Å². The van der Waals surface area contributed by atoms with Crippen LogP contribution in [0.5, 0.6) is 0 Å². The summed E-state index contributed by atoms with van der Waals surface area (Å²) in [6.07, 6.45) is 0. The molecule has 1 aromatic heterocycles. The minimum atomic E-state index is 0.198. The standard InChI is InChI=1S/C8H6Cl3N5/c9-3-1-4(10)6(5(11)2-3)13-8-14-7(12)15-16-8/h1-2H,(H4,12,13,14,15,16). The van der Waals surface area contributed by atoms with Crippen LogP contribution in [0.2, 0.25) is 15.1 Å². The minimum absolute atomic E-state index is 0.198. The Morgan fingerprint density at radius 2 is 1.81 bits per heavy atom. The second kappa shape index (κ2) is 4.37. The SMILES string of the molecule is Nc1nc(Nc2c(Cl)cc(Cl)cc2Cl)n[nH]1. The summed E-state index contributed by atoms with van der Waals surface area (Å²) < 4.78 is 0. The van der Waals surface area contributed by atoms with Gasteiger partial charge in [-0.05, 0) is 12.1 Å². The van der Waals surface area contributed by atoms with E-state index >= 15 is 0 Å². The molecule has 1 heterocycles. The number of H-pyrrole nitrogens is 1. The number of nitrogens with zero attached hydrogens (tertiary/aromatic N) is 2. The second-order valence-electron chi connectivity index (χ2n) is 2.91. The highest BCUT2D eigenvalue weighted by Crippen LogP contribution is 2.34. The Balaban J connectivity index is 2.34. The van der Waals surface area contributed by atoms with E-state index in [1.807, 2.05) is 0 Å². The Bertz CT molecular complexity index is 501. The van der Waals surface area contributed by atoms with Crippen LogP contribution in [-0.4, -0.2) is 15.2 Å². The molecule has 16 heavy (non-hydrogen) atoms. The van der Waals surface area contributed by atoms with Crippen molar-refractivity contribution in [2.24, 2.45) is 0 Å². The lowest BCUT2D eigenvalue weighted by Gasteiger charge is -2.07. The van der Waals surface area contributed by atoms with Crippen molar-refractivity contribution in [1.82, 2.24) is 15.2 Å². The van der Waals surface area contributed by atoms with Crippen molar-refractivity contribution >= 4 is 52.4 Å². The Morgan fingerprint density at radius 1 is 1.19 bits per heavy atom. The zero-order valence-electron chi connectivity index (χ0n) is 7.76. The van der Waals surface area contributed by atoms with Gasteiger partial charge in [-0.1, -0.05) is 34.8 Å². The first-order valence-corrected chi connectivity index (χ1v) is 5.29. The van der Waals surface area contributed by atoms with Gasteiger partial charge in [0.2, 0.25) is 11.9 Å². The lowest BCUT2D eigenvalue weighted by molar-refractivity contribution is 1.10. The molecule has 0 aliphatic carbocycles. The van der Waals surface area contributed by atoms with Crippen LogP contribution in [0.4, 0.5) is 17.6 Å². The largest absolute Gasteiger partial charge is 0.368 e. The summed E-state index contributed by atoms with van der Waals surface area (Å²) in [6.45, 7) is 0. The third-order valence-corrected chi connectivity index (χ3v) is 2.56. The number of halogens is 3. The van der Waals surface area contributed by atoms with E-state index in [-0.39, 0.29) is 11.9 Å². The normalized spacial score (nSPS) is 10.4. The van der Waals surface area contributed by atoms with E-state index in [0.717, 1.165) is 0 Å². The number of aromatic amines is 1. The van der Waals surface area contributed by atoms with Crippen molar-refractivity contribution in [2.75, 3.05) is 11.1 Å². The number of hydrogen-bond acceptors (Lipinski definition) is 4. The average Bonchev–Trinajstić information content (AvgIpc) is 2.58. The highest BCUT2D eigenvalue weighted by molar-refractivity contribution is 6.41. The van der Waals surface area contributed by atoms with Gasteiger partial charge in [0, 0.05) is 5.02 Å². The third-order valence-electron chi connectivity index (χ3n) is 1.75. The quantitative estimate of drug-likeness (QED) is 0.788. The fourth-order valence-corrected chi connectivity index (χ4v) is 2.02. The molecule has 84 valence electrons. The molecule has 0 bridgehead atoms. The summed E-state index contributed by atoms with van der Waals surface area (Å²) in [6, 6.07) is 3.13. The van der Waals surface area contributed by atoms with Gasteiger partial charge in [-0.25, -0.2) is 5.10 Å². The van der Waals surface area contributed by atoms with Crippen molar-refractivity contribution < 1.29 is 0 Å². The molecule has 0 fully saturated rings. The highest BCUT2D eigenvalue weighted by Gasteiger charge is 2.10. The summed E-state index contributed by atoms with van der Waals surface area (Å²) in [4.78, 5) is 3.86. The van der Waals surface area contributed by atoms with Crippen LogP contribution < -0.4 is 11.1 Å². The zero-order valence-corrected chi connectivity index (χ0v) is 10.0. The Morgan fingerprint density at radius 3 is 2.31 bits per heavy atom. The van der Waals surface area contributed by atoms with Crippen LogP contribution in [0.1, 0.15) is 0 Å². The molecule has 0 saturated heterocycles. The molecule has 0 atom stereocenters. The molecule has 2 rings (SSSR count). The van der Waals surface area contributed by atoms with Gasteiger partial charge in [0.1, 0.15) is 0 Å². The maximum atomic E-state index is 5.96. The van der Waals surface area contributed by atoms with Gasteiger partial charge in [-0.2, -0.15) is 4.98 Å². The number of benzene rings is 1. The van der Waals surface area contributed by atoms with Gasteiger partial charge in [0.15, 0.2) is 0 Å². The maximum absolute atomic E-state index is 5.96. The fourth-order valence-electron chi connectivity index (χ4n) is 1.10. The topological polar surface area (TPSA) is 79.6 Å². The van der Waals surface area contributed by atoms with Crippen LogP contribution >= 0.6 is 34.8 Å². The van der Waals surface area contributed by atoms with Crippen LogP contribution in [0.15, 0.2) is 12.1 Å². The monoisotopic (exact) mass is 277 g/mol. The molecule has 0 spiro atoms. The average molecular weight is 279 g/mol. The molecule has 1 aromatic carbocycles. The van der Waals surface area contributed by atoms with Crippen molar-refractivity contribution in [3.63, 3.8) is 0 Å². The van der Waals surface area contributed by atoms with E-state index in [0.29, 0.717) is 20.8 Å². The molecule has 8 heteroatoms. The molecule has 0 amide bonds. The van der Waals surface area contributed by atoms with Crippen LogP contribution in [0, 0.1) is 0 Å². The molecule has 0 aliphatic rings. The van der Waals surface area contributed by atoms with Gasteiger partial charge in [0.05, 0.1) is 15.7 Å². The molecule has 2 aromatic rings. The predicted octanol–water partition coefficient (Wildman–Crippen LogP) is 3.09. The number of rotatable bonds is 2. The maximum Gasteiger partial charge on any atom is 0.248 e. The summed E-state index contributed by atoms with van der Waals surface area (Å²) in [5.74, 6) is 0.479. The Hall–Kier alpha value is -1.17. The van der Waals surface area contributed by atoms with E-state index in [1.54, 1.807) is 12.1 Å². The summed E-state index contributed by atoms with van der Waals surface area (Å²) in [7, 11) is 0. The minimum Gasteiger partial charge on any atom is -0.368 e. The molecule has 0 unspecified atom stereocenters. The van der Waals surface area contributed by atoms with E-state index in [4.69, 9.17) is 40.5 Å². The van der Waals surface area contributed by atoms with Crippen LogP contribution in [0.25, 0.3) is 0 Å². The molecular weight excluding hydrogens is 272 g/mol. The van der Waals surface area contributed by atoms with Gasteiger partial charge in [0.25, 0.3) is 0 Å². The Kier molecular flexibility index (Phi) is 3.09. The van der Waals surface area contributed by atoms with Gasteiger partial charge in [-0.15, -0.1) is 5.10 Å². The lowest BCUT2D eigenvalue weighted by Crippen LogP contribution is -1.95. The molecule has 4 N–H and O–H groups in total. The molecule has 5 nitrogen and oxygen atoms in total. The fraction of sp³-hybridized carbons (Fsp3) is 0. The molecule has 0 radical (unpaired) electrons. The number of aromatic nitrogens is 3. The highest BCUT2D eigenvalue weighted by atomic mass is 35.5. The first-order valence-electron chi connectivity index (χ1n) is 4.15. The molecular formula is C8H6Cl3N5. The van der Waals surface area contributed by atoms with Crippen molar-refractivity contribution in [1.29, 1.82) is 0 Å². The number of hydrogen-bond donors (Lipinski definition) is 3. The third kappa shape index (κ3) is 2.32. The van der Waals surface area contributed by atoms with E-state index in [9.17, 15) is 0 Å². The van der Waals surface area contributed by atoms with E-state index < -0.39 is 0 Å². The van der Waals surface area contributed by atoms with Crippen LogP contribution in [0.3, 0.4) is 0 Å². The van der Waals surface area contributed by atoms with Gasteiger partial charge >= 0.3 is 0 Å². The summed E-state index contributed by atoms with van der Waals surface area (Å²) in [5, 5.41) is 10.3. The summed E-state index contributed by atoms with van der Waals surface area (Å²) in [5.41, 5.74) is 5.85. The number of nitrogen functional groups attached to an aromatic ring is 1. The summed E-state index contributed by atoms with van der Waals surface area (Å²) >= 11 is 17.7. The second-order valence-corrected chi connectivity index (χ2v) is 4.16. The Labute approximate surface area is 106 Å². The number of nitrogens with one attached hydrogen (secondary N) is 2. The van der Waals surface area contributed by atoms with Crippen molar-refractivity contribution in [3.05, 3.63) is 27.2 Å². The van der Waals surface area contributed by atoms with E-state index in [1.165, 1.54) is 0 Å². The van der Waals surface area contributed by atoms with E-state index in [2.05, 4.69) is 20.5 Å². The van der Waals surface area contributed by atoms with Crippen molar-refractivity contribution in [3.8, 4) is 0 Å². The number of nitrogens with two attached hydrogens (primary N) is 1. The van der Waals surface area contributed by atoms with Crippen molar-refractivity contribution in [2.45, 2.75) is 0 Å². The molecule has 0 saturated carbocycles. The first kappa shape index (κ1) is 11.3. The zero-order chi connectivity index (χ0) is 11.7. The lowest BCUT2D eigenvalue weighted by atomic mass is 10.3. The van der Waals surface area contributed by atoms with Gasteiger partial charge in [-0.3, -0.25) is 0 Å². The molecule has 0 aliphatic heterocycles. The van der Waals surface area contributed by atoms with Gasteiger partial charge < -0.3 is 11.1 Å². The first-order chi connectivity index (χ1) is 7.56. The smallest absolute Gasteiger partial charge is 0.248 e. The predicted molar refractivity (Wildman–Crippen MR) is 65.5 cm³/mol.